The molecule has 0 radical (unpaired) electrons. The molecule has 1 heterocycles. The molecule has 8 heteroatoms. The van der Waals surface area contributed by atoms with E-state index in [0.29, 0.717) is 29.2 Å². The summed E-state index contributed by atoms with van der Waals surface area (Å²) in [6, 6.07) is 12.0. The van der Waals surface area contributed by atoms with Gasteiger partial charge in [0.1, 0.15) is 0 Å². The van der Waals surface area contributed by atoms with Crippen molar-refractivity contribution in [1.29, 1.82) is 0 Å². The summed E-state index contributed by atoms with van der Waals surface area (Å²) in [6.07, 6.45) is 0.0980. The average Bonchev–Trinajstić information content (AvgIpc) is 2.72. The van der Waals surface area contributed by atoms with E-state index in [1.54, 1.807) is 41.0 Å². The van der Waals surface area contributed by atoms with Crippen molar-refractivity contribution in [2.45, 2.75) is 45.1 Å². The predicted molar refractivity (Wildman–Crippen MR) is 121 cm³/mol. The van der Waals surface area contributed by atoms with Gasteiger partial charge in [0.05, 0.1) is 34.7 Å². The quantitative estimate of drug-likeness (QED) is 0.688. The fraction of sp³-hybridized carbons (Fsp3) is 0.391. The van der Waals surface area contributed by atoms with E-state index < -0.39 is 15.9 Å². The SMILES string of the molecule is CCCS(=O)(=O)c1ccc(-c2ccc3c(c2)N(C(=O)OCC)C[C@H](C)N3C(C)=O)cc1. The molecule has 3 rings (SSSR count). The molecule has 2 aromatic rings. The first-order chi connectivity index (χ1) is 14.7. The number of carbonyl (C=O) groups excluding carboxylic acids is 2. The van der Waals surface area contributed by atoms with Gasteiger partial charge in [-0.2, -0.15) is 0 Å². The summed E-state index contributed by atoms with van der Waals surface area (Å²) in [4.78, 5) is 28.3. The Balaban J connectivity index is 2.04. The van der Waals surface area contributed by atoms with Crippen molar-refractivity contribution in [3.8, 4) is 11.1 Å². The molecule has 0 spiro atoms. The van der Waals surface area contributed by atoms with Crippen LogP contribution in [0.1, 0.15) is 34.1 Å². The van der Waals surface area contributed by atoms with Gasteiger partial charge in [-0.1, -0.05) is 25.1 Å². The Kier molecular flexibility index (Phi) is 6.69. The maximum absolute atomic E-state index is 12.6. The Hall–Kier alpha value is -2.87. The van der Waals surface area contributed by atoms with Crippen molar-refractivity contribution in [1.82, 2.24) is 0 Å². The van der Waals surface area contributed by atoms with Crippen LogP contribution in [-0.4, -0.2) is 45.4 Å². The molecule has 0 bridgehead atoms. The zero-order valence-corrected chi connectivity index (χ0v) is 19.1. The summed E-state index contributed by atoms with van der Waals surface area (Å²) in [5.41, 5.74) is 2.86. The van der Waals surface area contributed by atoms with Crippen molar-refractivity contribution in [3.05, 3.63) is 42.5 Å². The maximum atomic E-state index is 12.6. The third-order valence-electron chi connectivity index (χ3n) is 5.26. The number of benzene rings is 2. The number of amides is 2. The maximum Gasteiger partial charge on any atom is 0.414 e. The first-order valence-electron chi connectivity index (χ1n) is 10.4. The van der Waals surface area contributed by atoms with E-state index in [0.717, 1.165) is 11.1 Å². The van der Waals surface area contributed by atoms with Crippen molar-refractivity contribution >= 4 is 33.2 Å². The molecule has 1 aliphatic heterocycles. The lowest BCUT2D eigenvalue weighted by molar-refractivity contribution is -0.117. The summed E-state index contributed by atoms with van der Waals surface area (Å²) in [7, 11) is -3.29. The number of hydrogen-bond acceptors (Lipinski definition) is 5. The average molecular weight is 445 g/mol. The molecule has 166 valence electrons. The van der Waals surface area contributed by atoms with Crippen LogP contribution in [0.4, 0.5) is 16.2 Å². The van der Waals surface area contributed by atoms with Crippen LogP contribution in [0.15, 0.2) is 47.4 Å². The molecule has 2 aromatic carbocycles. The van der Waals surface area contributed by atoms with Gasteiger partial charge in [-0.3, -0.25) is 9.69 Å². The number of rotatable bonds is 5. The van der Waals surface area contributed by atoms with Crippen LogP contribution in [0, 0.1) is 0 Å². The van der Waals surface area contributed by atoms with Gasteiger partial charge in [0.25, 0.3) is 0 Å². The van der Waals surface area contributed by atoms with E-state index in [1.165, 1.54) is 6.92 Å². The van der Waals surface area contributed by atoms with Gasteiger partial charge in [-0.15, -0.1) is 0 Å². The van der Waals surface area contributed by atoms with Gasteiger partial charge in [0.2, 0.25) is 5.91 Å². The van der Waals surface area contributed by atoms with Crippen molar-refractivity contribution in [3.63, 3.8) is 0 Å². The number of hydrogen-bond donors (Lipinski definition) is 0. The van der Waals surface area contributed by atoms with Gasteiger partial charge in [-0.25, -0.2) is 13.2 Å². The highest BCUT2D eigenvalue weighted by Crippen LogP contribution is 2.39. The van der Waals surface area contributed by atoms with E-state index in [9.17, 15) is 18.0 Å². The molecule has 0 aliphatic carbocycles. The van der Waals surface area contributed by atoms with Crippen LogP contribution < -0.4 is 9.80 Å². The minimum absolute atomic E-state index is 0.101. The van der Waals surface area contributed by atoms with E-state index in [-0.39, 0.29) is 24.3 Å². The highest BCUT2D eigenvalue weighted by Gasteiger charge is 2.34. The molecule has 7 nitrogen and oxygen atoms in total. The van der Waals surface area contributed by atoms with Gasteiger partial charge >= 0.3 is 6.09 Å². The molecule has 1 atom stereocenters. The highest BCUT2D eigenvalue weighted by molar-refractivity contribution is 7.91. The number of sulfone groups is 1. The van der Waals surface area contributed by atoms with Crippen LogP contribution in [0.25, 0.3) is 11.1 Å². The second-order valence-corrected chi connectivity index (χ2v) is 9.70. The third-order valence-corrected chi connectivity index (χ3v) is 7.20. The van der Waals surface area contributed by atoms with E-state index in [1.807, 2.05) is 32.0 Å². The summed E-state index contributed by atoms with van der Waals surface area (Å²) >= 11 is 0. The van der Waals surface area contributed by atoms with Gasteiger partial charge < -0.3 is 9.64 Å². The number of nitrogens with zero attached hydrogens (tertiary/aromatic N) is 2. The molecule has 0 saturated heterocycles. The molecular formula is C23H28N2O5S. The van der Waals surface area contributed by atoms with Gasteiger partial charge in [0.15, 0.2) is 9.84 Å². The lowest BCUT2D eigenvalue weighted by Crippen LogP contribution is -2.51. The normalized spacial score (nSPS) is 16.1. The summed E-state index contributed by atoms with van der Waals surface area (Å²) in [6.45, 7) is 7.55. The molecule has 0 unspecified atom stereocenters. The Bertz CT molecular complexity index is 1080. The van der Waals surface area contributed by atoms with Crippen LogP contribution in [0.2, 0.25) is 0 Å². The number of ether oxygens (including phenoxy) is 1. The molecule has 0 N–H and O–H groups in total. The van der Waals surface area contributed by atoms with E-state index >= 15 is 0 Å². The van der Waals surface area contributed by atoms with Crippen LogP contribution in [-0.2, 0) is 19.4 Å². The van der Waals surface area contributed by atoms with E-state index in [4.69, 9.17) is 4.74 Å². The topological polar surface area (TPSA) is 84.0 Å². The molecule has 0 fully saturated rings. The standard InChI is InChI=1S/C23H28N2O5S/c1-5-13-31(28,29)20-10-7-18(8-11-20)19-9-12-21-22(14-19)24(23(27)30-6-2)15-16(3)25(21)17(4)26/h7-12,14,16H,5-6,13,15H2,1-4H3/t16-/m0/s1. The first kappa shape index (κ1) is 22.8. The predicted octanol–water partition coefficient (Wildman–Crippen LogP) is 4.26. The van der Waals surface area contributed by atoms with Gasteiger partial charge in [-0.05, 0) is 55.7 Å². The van der Waals surface area contributed by atoms with Crippen LogP contribution >= 0.6 is 0 Å². The zero-order chi connectivity index (χ0) is 22.8. The number of fused-ring (bicyclic) bond motifs is 1. The Morgan fingerprint density at radius 3 is 2.26 bits per heavy atom. The largest absolute Gasteiger partial charge is 0.449 e. The third kappa shape index (κ3) is 4.58. The minimum atomic E-state index is -3.29. The molecule has 31 heavy (non-hydrogen) atoms. The molecule has 0 saturated carbocycles. The second-order valence-electron chi connectivity index (χ2n) is 7.59. The Morgan fingerprint density at radius 1 is 1.03 bits per heavy atom. The summed E-state index contributed by atoms with van der Waals surface area (Å²) in [5, 5.41) is 0. The minimum Gasteiger partial charge on any atom is -0.449 e. The van der Waals surface area contributed by atoms with E-state index in [2.05, 4.69) is 0 Å². The number of anilines is 2. The molecule has 1 aliphatic rings. The Morgan fingerprint density at radius 2 is 1.68 bits per heavy atom. The molecule has 2 amide bonds. The van der Waals surface area contributed by atoms with Crippen LogP contribution in [0.5, 0.6) is 0 Å². The monoisotopic (exact) mass is 444 g/mol. The van der Waals surface area contributed by atoms with Crippen molar-refractivity contribution < 1.29 is 22.7 Å². The molecular weight excluding hydrogens is 416 g/mol. The lowest BCUT2D eigenvalue weighted by Gasteiger charge is -2.40. The lowest BCUT2D eigenvalue weighted by atomic mass is 10.0. The molecule has 0 aromatic heterocycles. The smallest absolute Gasteiger partial charge is 0.414 e. The van der Waals surface area contributed by atoms with Gasteiger partial charge in [0, 0.05) is 13.5 Å². The zero-order valence-electron chi connectivity index (χ0n) is 18.3. The fourth-order valence-electron chi connectivity index (χ4n) is 3.90. The summed E-state index contributed by atoms with van der Waals surface area (Å²) < 4.78 is 29.8. The van der Waals surface area contributed by atoms with Crippen molar-refractivity contribution in [2.75, 3.05) is 28.7 Å². The summed E-state index contributed by atoms with van der Waals surface area (Å²) in [5.74, 6) is 0.00848. The Labute approximate surface area is 183 Å². The first-order valence-corrected chi connectivity index (χ1v) is 12.1. The fourth-order valence-corrected chi connectivity index (χ4v) is 5.22. The highest BCUT2D eigenvalue weighted by atomic mass is 32.2. The second kappa shape index (κ2) is 9.09. The number of carbonyl (C=O) groups is 2. The van der Waals surface area contributed by atoms with Crippen LogP contribution in [0.3, 0.4) is 0 Å². The van der Waals surface area contributed by atoms with Crippen molar-refractivity contribution in [2.24, 2.45) is 0 Å².